The second kappa shape index (κ2) is 8.10. The number of hydrogen-bond donors (Lipinski definition) is 0. The maximum atomic E-state index is 12.5. The van der Waals surface area contributed by atoms with Gasteiger partial charge in [-0.3, -0.25) is 4.79 Å². The lowest BCUT2D eigenvalue weighted by Gasteiger charge is -2.01. The molecule has 0 spiro atoms. The van der Waals surface area contributed by atoms with Gasteiger partial charge in [-0.15, -0.1) is 11.3 Å². The van der Waals surface area contributed by atoms with Gasteiger partial charge in [0.05, 0.1) is 16.3 Å². The van der Waals surface area contributed by atoms with Crippen molar-refractivity contribution >= 4 is 55.4 Å². The Morgan fingerprint density at radius 3 is 2.50 bits per heavy atom. The van der Waals surface area contributed by atoms with Gasteiger partial charge in [-0.2, -0.15) is 5.10 Å². The summed E-state index contributed by atoms with van der Waals surface area (Å²) < 4.78 is 2.82. The van der Waals surface area contributed by atoms with Crippen LogP contribution in [0.4, 0.5) is 0 Å². The number of ketones is 1. The number of nitrogens with zero attached hydrogens (tertiary/aromatic N) is 3. The van der Waals surface area contributed by atoms with E-state index in [0.717, 1.165) is 37.0 Å². The van der Waals surface area contributed by atoms with Gasteiger partial charge in [-0.25, -0.2) is 9.50 Å². The lowest BCUT2D eigenvalue weighted by molar-refractivity contribution is 0.105. The third kappa shape index (κ3) is 3.67. The van der Waals surface area contributed by atoms with E-state index in [4.69, 9.17) is 10.1 Å². The molecule has 0 N–H and O–H groups in total. The number of allylic oxidation sites excluding steroid dienone is 1. The van der Waals surface area contributed by atoms with Crippen LogP contribution < -0.4 is 0 Å². The van der Waals surface area contributed by atoms with Crippen LogP contribution in [-0.4, -0.2) is 20.4 Å². The molecule has 4 nitrogen and oxygen atoms in total. The third-order valence-electron chi connectivity index (χ3n) is 4.53. The predicted octanol–water partition coefficient (Wildman–Crippen LogP) is 6.84. The molecule has 0 saturated carbocycles. The van der Waals surface area contributed by atoms with Crippen molar-refractivity contribution in [3.05, 3.63) is 93.2 Å². The van der Waals surface area contributed by atoms with Crippen molar-refractivity contribution in [2.75, 3.05) is 0 Å². The standard InChI is InChI=1S/C23H14BrN3OS2/c24-17-10-8-15(9-11-17)21-18(12-13-19(28)20-7-4-14-29-20)27-23(25-21)30-22(26-27)16-5-2-1-3-6-16/h1-14H/b13-12+. The number of halogens is 1. The molecule has 0 aliphatic rings. The number of hydrogen-bond acceptors (Lipinski definition) is 5. The van der Waals surface area contributed by atoms with Crippen LogP contribution in [-0.2, 0) is 0 Å². The van der Waals surface area contributed by atoms with Gasteiger partial charge >= 0.3 is 0 Å². The van der Waals surface area contributed by atoms with Crippen LogP contribution in [0.1, 0.15) is 15.4 Å². The van der Waals surface area contributed by atoms with E-state index in [-0.39, 0.29) is 5.78 Å². The molecule has 0 atom stereocenters. The fourth-order valence-electron chi connectivity index (χ4n) is 3.09. The molecule has 3 heterocycles. The monoisotopic (exact) mass is 491 g/mol. The minimum absolute atomic E-state index is 0.0276. The summed E-state index contributed by atoms with van der Waals surface area (Å²) >= 11 is 6.44. The van der Waals surface area contributed by atoms with Crippen LogP contribution in [0.5, 0.6) is 0 Å². The molecule has 7 heteroatoms. The molecule has 5 aromatic rings. The number of fused-ring (bicyclic) bond motifs is 1. The molecular weight excluding hydrogens is 478 g/mol. The Morgan fingerprint density at radius 2 is 1.77 bits per heavy atom. The molecular formula is C23H14BrN3OS2. The molecule has 3 aromatic heterocycles. The smallest absolute Gasteiger partial charge is 0.213 e. The summed E-state index contributed by atoms with van der Waals surface area (Å²) in [7, 11) is 0. The lowest BCUT2D eigenvalue weighted by Crippen LogP contribution is -1.93. The van der Waals surface area contributed by atoms with Crippen molar-refractivity contribution in [3.63, 3.8) is 0 Å². The van der Waals surface area contributed by atoms with Gasteiger partial charge in [0.15, 0.2) is 5.78 Å². The number of carbonyl (C=O) groups is 1. The SMILES string of the molecule is O=C(/C=C/c1c(-c2ccc(Br)cc2)nc2sc(-c3ccccc3)nn12)c1cccs1. The van der Waals surface area contributed by atoms with E-state index in [0.29, 0.717) is 4.88 Å². The molecule has 0 saturated heterocycles. The Bertz CT molecular complexity index is 1350. The van der Waals surface area contributed by atoms with E-state index in [1.54, 1.807) is 6.08 Å². The highest BCUT2D eigenvalue weighted by atomic mass is 79.9. The zero-order valence-electron chi connectivity index (χ0n) is 15.5. The molecule has 0 fully saturated rings. The molecule has 0 aliphatic heterocycles. The Hall–Kier alpha value is -2.87. The highest BCUT2D eigenvalue weighted by molar-refractivity contribution is 9.10. The number of imidazole rings is 1. The van der Waals surface area contributed by atoms with Crippen molar-refractivity contribution in [2.45, 2.75) is 0 Å². The molecule has 0 aliphatic carbocycles. The van der Waals surface area contributed by atoms with E-state index < -0.39 is 0 Å². The van der Waals surface area contributed by atoms with E-state index in [2.05, 4.69) is 15.9 Å². The molecule has 0 radical (unpaired) electrons. The molecule has 0 bridgehead atoms. The van der Waals surface area contributed by atoms with Gasteiger partial charge in [0.1, 0.15) is 5.01 Å². The predicted molar refractivity (Wildman–Crippen MR) is 127 cm³/mol. The van der Waals surface area contributed by atoms with Crippen molar-refractivity contribution in [3.8, 4) is 21.8 Å². The normalized spacial score (nSPS) is 11.5. The van der Waals surface area contributed by atoms with Crippen molar-refractivity contribution in [2.24, 2.45) is 0 Å². The van der Waals surface area contributed by atoms with Crippen LogP contribution in [0.3, 0.4) is 0 Å². The van der Waals surface area contributed by atoms with E-state index >= 15 is 0 Å². The number of benzene rings is 2. The van der Waals surface area contributed by atoms with Crippen molar-refractivity contribution in [1.29, 1.82) is 0 Å². The van der Waals surface area contributed by atoms with Gasteiger partial charge < -0.3 is 0 Å². The van der Waals surface area contributed by atoms with E-state index in [9.17, 15) is 4.79 Å². The minimum Gasteiger partial charge on any atom is -0.288 e. The Balaban J connectivity index is 1.63. The first-order chi connectivity index (χ1) is 14.7. The highest BCUT2D eigenvalue weighted by Gasteiger charge is 2.17. The summed E-state index contributed by atoms with van der Waals surface area (Å²) in [5.41, 5.74) is 3.61. The van der Waals surface area contributed by atoms with Crippen LogP contribution in [0, 0.1) is 0 Å². The average Bonchev–Trinajstić information content (AvgIpc) is 3.50. The van der Waals surface area contributed by atoms with Gasteiger partial charge in [0.25, 0.3) is 0 Å². The van der Waals surface area contributed by atoms with Gasteiger partial charge in [-0.05, 0) is 35.7 Å². The fourth-order valence-corrected chi connectivity index (χ4v) is 4.91. The molecule has 30 heavy (non-hydrogen) atoms. The summed E-state index contributed by atoms with van der Waals surface area (Å²) in [5.74, 6) is -0.0276. The summed E-state index contributed by atoms with van der Waals surface area (Å²) in [6.45, 7) is 0. The first-order valence-electron chi connectivity index (χ1n) is 9.16. The maximum Gasteiger partial charge on any atom is 0.213 e. The van der Waals surface area contributed by atoms with E-state index in [1.807, 2.05) is 82.7 Å². The second-order valence-electron chi connectivity index (χ2n) is 6.50. The quantitative estimate of drug-likeness (QED) is 0.199. The zero-order chi connectivity index (χ0) is 20.5. The zero-order valence-corrected chi connectivity index (χ0v) is 18.7. The first kappa shape index (κ1) is 19.1. The second-order valence-corrected chi connectivity index (χ2v) is 9.31. The van der Waals surface area contributed by atoms with Gasteiger partial charge in [-0.1, -0.05) is 75.8 Å². The average molecular weight is 492 g/mol. The Morgan fingerprint density at radius 1 is 0.967 bits per heavy atom. The summed E-state index contributed by atoms with van der Waals surface area (Å²) in [6.07, 6.45) is 3.41. The summed E-state index contributed by atoms with van der Waals surface area (Å²) in [6, 6.07) is 21.7. The van der Waals surface area contributed by atoms with Crippen molar-refractivity contribution in [1.82, 2.24) is 14.6 Å². The van der Waals surface area contributed by atoms with Crippen LogP contribution >= 0.6 is 38.6 Å². The minimum atomic E-state index is -0.0276. The van der Waals surface area contributed by atoms with Gasteiger partial charge in [0.2, 0.25) is 4.96 Å². The topological polar surface area (TPSA) is 47.3 Å². The number of rotatable bonds is 5. The summed E-state index contributed by atoms with van der Waals surface area (Å²) in [5, 5.41) is 7.58. The molecule has 5 rings (SSSR count). The molecule has 0 unspecified atom stereocenters. The molecule has 146 valence electrons. The Labute approximate surface area is 189 Å². The summed E-state index contributed by atoms with van der Waals surface area (Å²) in [4.78, 5) is 18.9. The number of thiophene rings is 1. The van der Waals surface area contributed by atoms with Gasteiger partial charge in [0, 0.05) is 15.6 Å². The van der Waals surface area contributed by atoms with Crippen molar-refractivity contribution < 1.29 is 4.79 Å². The number of aromatic nitrogens is 3. The van der Waals surface area contributed by atoms with Crippen LogP contribution in [0.15, 0.2) is 82.7 Å². The highest BCUT2D eigenvalue weighted by Crippen LogP contribution is 2.32. The molecule has 2 aromatic carbocycles. The maximum absolute atomic E-state index is 12.5. The Kier molecular flexibility index (Phi) is 5.16. The van der Waals surface area contributed by atoms with E-state index in [1.165, 1.54) is 22.7 Å². The van der Waals surface area contributed by atoms with Crippen LogP contribution in [0.25, 0.3) is 32.9 Å². The van der Waals surface area contributed by atoms with Crippen LogP contribution in [0.2, 0.25) is 0 Å². The third-order valence-corrected chi connectivity index (χ3v) is 6.90. The largest absolute Gasteiger partial charge is 0.288 e. The first-order valence-corrected chi connectivity index (χ1v) is 11.6. The molecule has 0 amide bonds. The fraction of sp³-hybridized carbons (Fsp3) is 0. The number of carbonyl (C=O) groups excluding carboxylic acids is 1. The lowest BCUT2D eigenvalue weighted by atomic mass is 10.1.